The minimum Gasteiger partial charge on any atom is -0.495 e. The third kappa shape index (κ3) is 5.47. The number of rotatable bonds is 8. The van der Waals surface area contributed by atoms with Crippen LogP contribution in [0.2, 0.25) is 0 Å². The summed E-state index contributed by atoms with van der Waals surface area (Å²) in [7, 11) is 1.53. The second kappa shape index (κ2) is 10.8. The summed E-state index contributed by atoms with van der Waals surface area (Å²) < 4.78 is 10.2. The van der Waals surface area contributed by atoms with Gasteiger partial charge in [-0.3, -0.25) is 14.5 Å². The first-order valence-electron chi connectivity index (χ1n) is 10.2. The number of nitrogens with one attached hydrogen (secondary N) is 1. The van der Waals surface area contributed by atoms with Crippen molar-refractivity contribution in [2.45, 2.75) is 25.5 Å². The Labute approximate surface area is 191 Å². The Morgan fingerprint density at radius 1 is 1.12 bits per heavy atom. The maximum atomic E-state index is 12.8. The van der Waals surface area contributed by atoms with Gasteiger partial charge < -0.3 is 14.8 Å². The number of para-hydroxylation sites is 2. The maximum absolute atomic E-state index is 12.8. The van der Waals surface area contributed by atoms with E-state index in [1.807, 2.05) is 13.0 Å². The SMILES string of the molecule is CCOC(=O)c1ccc(N=C2S[C@H](CC(=O)Nc3ccccc3OC)C(=O)N2CC)cc1. The van der Waals surface area contributed by atoms with Gasteiger partial charge in [0.1, 0.15) is 11.0 Å². The fourth-order valence-electron chi connectivity index (χ4n) is 3.13. The molecule has 168 valence electrons. The van der Waals surface area contributed by atoms with Gasteiger partial charge in [0.25, 0.3) is 0 Å². The number of amides is 2. The lowest BCUT2D eigenvalue weighted by Crippen LogP contribution is -2.33. The van der Waals surface area contributed by atoms with Gasteiger partial charge >= 0.3 is 5.97 Å². The van der Waals surface area contributed by atoms with E-state index in [1.54, 1.807) is 54.3 Å². The van der Waals surface area contributed by atoms with Crippen LogP contribution in [-0.2, 0) is 14.3 Å². The molecule has 0 bridgehead atoms. The van der Waals surface area contributed by atoms with Crippen molar-refractivity contribution < 1.29 is 23.9 Å². The summed E-state index contributed by atoms with van der Waals surface area (Å²) in [5.41, 5.74) is 1.59. The zero-order valence-corrected chi connectivity index (χ0v) is 19.0. The average molecular weight is 456 g/mol. The Kier molecular flexibility index (Phi) is 7.88. The van der Waals surface area contributed by atoms with Gasteiger partial charge in [-0.15, -0.1) is 0 Å². The van der Waals surface area contributed by atoms with Crippen molar-refractivity contribution in [2.24, 2.45) is 4.99 Å². The van der Waals surface area contributed by atoms with Crippen LogP contribution in [0.1, 0.15) is 30.6 Å². The molecule has 0 spiro atoms. The molecule has 1 saturated heterocycles. The van der Waals surface area contributed by atoms with E-state index >= 15 is 0 Å². The molecule has 0 saturated carbocycles. The van der Waals surface area contributed by atoms with E-state index in [9.17, 15) is 14.4 Å². The quantitative estimate of drug-likeness (QED) is 0.607. The van der Waals surface area contributed by atoms with E-state index in [2.05, 4.69) is 10.3 Å². The van der Waals surface area contributed by atoms with E-state index in [0.29, 0.717) is 41.0 Å². The van der Waals surface area contributed by atoms with Crippen LogP contribution in [0.15, 0.2) is 53.5 Å². The first kappa shape index (κ1) is 23.3. The highest BCUT2D eigenvalue weighted by molar-refractivity contribution is 8.15. The molecule has 32 heavy (non-hydrogen) atoms. The molecule has 2 aromatic carbocycles. The lowest BCUT2D eigenvalue weighted by Gasteiger charge is -2.13. The molecular formula is C23H25N3O5S. The van der Waals surface area contributed by atoms with Gasteiger partial charge in [0.15, 0.2) is 5.17 Å². The fourth-order valence-corrected chi connectivity index (χ4v) is 4.35. The molecule has 3 rings (SSSR count). The summed E-state index contributed by atoms with van der Waals surface area (Å²) in [6.07, 6.45) is 0.0128. The number of hydrogen-bond acceptors (Lipinski definition) is 7. The normalized spacial score (nSPS) is 16.8. The molecule has 2 aromatic rings. The van der Waals surface area contributed by atoms with Gasteiger partial charge in [0.05, 0.1) is 30.7 Å². The second-order valence-corrected chi connectivity index (χ2v) is 7.97. The number of benzene rings is 2. The van der Waals surface area contributed by atoms with Gasteiger partial charge in [0, 0.05) is 13.0 Å². The third-order valence-corrected chi connectivity index (χ3v) is 5.87. The van der Waals surface area contributed by atoms with Crippen LogP contribution in [0.25, 0.3) is 0 Å². The number of ether oxygens (including phenoxy) is 2. The first-order chi connectivity index (χ1) is 15.5. The van der Waals surface area contributed by atoms with Crippen molar-refractivity contribution in [3.8, 4) is 5.75 Å². The zero-order chi connectivity index (χ0) is 23.1. The molecule has 1 N–H and O–H groups in total. The van der Waals surface area contributed by atoms with Crippen molar-refractivity contribution in [2.75, 3.05) is 25.6 Å². The van der Waals surface area contributed by atoms with Crippen LogP contribution >= 0.6 is 11.8 Å². The lowest BCUT2D eigenvalue weighted by molar-refractivity contribution is -0.128. The highest BCUT2D eigenvalue weighted by Gasteiger charge is 2.38. The van der Waals surface area contributed by atoms with Crippen molar-refractivity contribution >= 4 is 46.1 Å². The zero-order valence-electron chi connectivity index (χ0n) is 18.2. The van der Waals surface area contributed by atoms with Crippen LogP contribution in [-0.4, -0.2) is 53.4 Å². The standard InChI is InChI=1S/C23H25N3O5S/c1-4-26-21(28)19(14-20(27)25-17-8-6-7-9-18(17)30-3)32-23(26)24-16-12-10-15(11-13-16)22(29)31-5-2/h6-13,19H,4-5,14H2,1-3H3,(H,25,27)/t19-/m1/s1. The molecule has 2 amide bonds. The number of hydrogen-bond donors (Lipinski definition) is 1. The van der Waals surface area contributed by atoms with Gasteiger partial charge in [-0.25, -0.2) is 9.79 Å². The predicted molar refractivity (Wildman–Crippen MR) is 125 cm³/mol. The number of amidine groups is 1. The Morgan fingerprint density at radius 3 is 2.50 bits per heavy atom. The molecule has 8 nitrogen and oxygen atoms in total. The minimum atomic E-state index is -0.567. The summed E-state index contributed by atoms with van der Waals surface area (Å²) >= 11 is 1.26. The van der Waals surface area contributed by atoms with E-state index in [1.165, 1.54) is 18.9 Å². The Morgan fingerprint density at radius 2 is 1.84 bits per heavy atom. The van der Waals surface area contributed by atoms with Crippen molar-refractivity contribution in [1.82, 2.24) is 4.90 Å². The molecule has 0 aromatic heterocycles. The van der Waals surface area contributed by atoms with Crippen molar-refractivity contribution in [3.63, 3.8) is 0 Å². The number of carbonyl (C=O) groups is 3. The average Bonchev–Trinajstić information content (AvgIpc) is 3.08. The maximum Gasteiger partial charge on any atom is 0.338 e. The molecule has 1 aliphatic rings. The van der Waals surface area contributed by atoms with Crippen LogP contribution in [0.3, 0.4) is 0 Å². The van der Waals surface area contributed by atoms with Crippen molar-refractivity contribution in [3.05, 3.63) is 54.1 Å². The van der Waals surface area contributed by atoms with Crippen LogP contribution in [0.4, 0.5) is 11.4 Å². The smallest absolute Gasteiger partial charge is 0.338 e. The number of carbonyl (C=O) groups excluding carboxylic acids is 3. The first-order valence-corrected chi connectivity index (χ1v) is 11.1. The topological polar surface area (TPSA) is 97.3 Å². The predicted octanol–water partition coefficient (Wildman–Crippen LogP) is 3.85. The highest BCUT2D eigenvalue weighted by atomic mass is 32.2. The fraction of sp³-hybridized carbons (Fsp3) is 0.304. The number of anilines is 1. The Hall–Kier alpha value is -3.33. The molecular weight excluding hydrogens is 430 g/mol. The molecule has 0 unspecified atom stereocenters. The van der Waals surface area contributed by atoms with Crippen LogP contribution < -0.4 is 10.1 Å². The highest BCUT2D eigenvalue weighted by Crippen LogP contribution is 2.32. The van der Waals surface area contributed by atoms with E-state index < -0.39 is 11.2 Å². The molecule has 1 fully saturated rings. The minimum absolute atomic E-state index is 0.0128. The van der Waals surface area contributed by atoms with Gasteiger partial charge in [-0.1, -0.05) is 23.9 Å². The van der Waals surface area contributed by atoms with Crippen LogP contribution in [0, 0.1) is 0 Å². The number of nitrogens with zero attached hydrogens (tertiary/aromatic N) is 2. The Balaban J connectivity index is 1.70. The van der Waals surface area contributed by atoms with E-state index in [4.69, 9.17) is 9.47 Å². The molecule has 0 radical (unpaired) electrons. The summed E-state index contributed by atoms with van der Waals surface area (Å²) in [6.45, 7) is 4.35. The van der Waals surface area contributed by atoms with Gasteiger partial charge in [-0.05, 0) is 50.2 Å². The molecule has 1 aliphatic heterocycles. The van der Waals surface area contributed by atoms with E-state index in [-0.39, 0.29) is 18.2 Å². The molecule has 9 heteroatoms. The van der Waals surface area contributed by atoms with Crippen LogP contribution in [0.5, 0.6) is 5.75 Å². The second-order valence-electron chi connectivity index (χ2n) is 6.80. The monoisotopic (exact) mass is 455 g/mol. The third-order valence-electron chi connectivity index (χ3n) is 4.69. The lowest BCUT2D eigenvalue weighted by atomic mass is 10.2. The van der Waals surface area contributed by atoms with Crippen molar-refractivity contribution in [1.29, 1.82) is 0 Å². The van der Waals surface area contributed by atoms with Gasteiger partial charge in [0.2, 0.25) is 11.8 Å². The van der Waals surface area contributed by atoms with E-state index in [0.717, 1.165) is 0 Å². The summed E-state index contributed by atoms with van der Waals surface area (Å²) in [4.78, 5) is 43.3. The summed E-state index contributed by atoms with van der Waals surface area (Å²) in [5, 5.41) is 2.76. The molecule has 0 aliphatic carbocycles. The Bertz CT molecular complexity index is 1020. The summed E-state index contributed by atoms with van der Waals surface area (Å²) in [6, 6.07) is 13.8. The number of thioether (sulfide) groups is 1. The summed E-state index contributed by atoms with van der Waals surface area (Å²) in [5.74, 6) is -0.283. The molecule has 1 atom stereocenters. The number of aliphatic imine (C=N–C) groups is 1. The number of esters is 1. The largest absolute Gasteiger partial charge is 0.495 e. The number of methoxy groups -OCH3 is 1. The molecule has 1 heterocycles. The van der Waals surface area contributed by atoms with Gasteiger partial charge in [-0.2, -0.15) is 0 Å².